The number of hydrogen-bond donors (Lipinski definition) is 1. The van der Waals surface area contributed by atoms with Gasteiger partial charge in [0.2, 0.25) is 5.82 Å². The van der Waals surface area contributed by atoms with Crippen molar-refractivity contribution < 1.29 is 9.26 Å². The van der Waals surface area contributed by atoms with Crippen LogP contribution in [0.15, 0.2) is 34.9 Å². The zero-order valence-electron chi connectivity index (χ0n) is 16.0. The molecule has 3 heterocycles. The molecular formula is C20H25N5O2. The van der Waals surface area contributed by atoms with Gasteiger partial charge in [0.15, 0.2) is 5.69 Å². The SMILES string of the molecule is CC(C)(C)c1cc(-c2nc(-c3cccc(CN4CCOCC4)c3)no2)n[nH]1. The molecule has 0 amide bonds. The number of nitrogens with zero attached hydrogens (tertiary/aromatic N) is 4. The molecule has 3 aromatic rings. The molecule has 1 aliphatic rings. The van der Waals surface area contributed by atoms with Crippen LogP contribution in [0.2, 0.25) is 0 Å². The Balaban J connectivity index is 1.53. The second-order valence-electron chi connectivity index (χ2n) is 7.93. The lowest BCUT2D eigenvalue weighted by Gasteiger charge is -2.26. The monoisotopic (exact) mass is 367 g/mol. The summed E-state index contributed by atoms with van der Waals surface area (Å²) in [6.45, 7) is 10.8. The molecule has 0 bridgehead atoms. The predicted molar refractivity (Wildman–Crippen MR) is 102 cm³/mol. The smallest absolute Gasteiger partial charge is 0.278 e. The maximum atomic E-state index is 5.45. The first-order valence-corrected chi connectivity index (χ1v) is 9.28. The second-order valence-corrected chi connectivity index (χ2v) is 7.93. The van der Waals surface area contributed by atoms with Crippen LogP contribution < -0.4 is 0 Å². The number of rotatable bonds is 4. The molecule has 0 aliphatic carbocycles. The Hall–Kier alpha value is -2.51. The van der Waals surface area contributed by atoms with Gasteiger partial charge in [-0.05, 0) is 17.7 Å². The van der Waals surface area contributed by atoms with Crippen molar-refractivity contribution in [2.45, 2.75) is 32.7 Å². The lowest BCUT2D eigenvalue weighted by molar-refractivity contribution is 0.0342. The quantitative estimate of drug-likeness (QED) is 0.762. The number of ether oxygens (including phenoxy) is 1. The minimum Gasteiger partial charge on any atom is -0.379 e. The first-order valence-electron chi connectivity index (χ1n) is 9.28. The maximum absolute atomic E-state index is 5.45. The number of morpholine rings is 1. The van der Waals surface area contributed by atoms with Gasteiger partial charge < -0.3 is 9.26 Å². The van der Waals surface area contributed by atoms with Crippen molar-refractivity contribution in [1.29, 1.82) is 0 Å². The van der Waals surface area contributed by atoms with Gasteiger partial charge in [-0.25, -0.2) is 0 Å². The molecule has 1 saturated heterocycles. The number of aromatic nitrogens is 4. The highest BCUT2D eigenvalue weighted by Crippen LogP contribution is 2.26. The fourth-order valence-corrected chi connectivity index (χ4v) is 3.09. The Morgan fingerprint density at radius 2 is 1.96 bits per heavy atom. The van der Waals surface area contributed by atoms with Gasteiger partial charge in [-0.15, -0.1) is 0 Å². The molecule has 27 heavy (non-hydrogen) atoms. The third-order valence-corrected chi connectivity index (χ3v) is 4.73. The Bertz CT molecular complexity index is 903. The van der Waals surface area contributed by atoms with E-state index in [1.807, 2.05) is 18.2 Å². The van der Waals surface area contributed by atoms with Crippen LogP contribution >= 0.6 is 0 Å². The van der Waals surface area contributed by atoms with Crippen LogP contribution in [0.1, 0.15) is 32.0 Å². The minimum atomic E-state index is -0.0120. The van der Waals surface area contributed by atoms with Gasteiger partial charge in [0.05, 0.1) is 13.2 Å². The van der Waals surface area contributed by atoms with Crippen molar-refractivity contribution in [2.75, 3.05) is 26.3 Å². The third kappa shape index (κ3) is 4.09. The number of nitrogens with one attached hydrogen (secondary N) is 1. The molecule has 0 atom stereocenters. The molecule has 0 unspecified atom stereocenters. The molecule has 1 N–H and O–H groups in total. The molecule has 1 aromatic carbocycles. The number of aromatic amines is 1. The third-order valence-electron chi connectivity index (χ3n) is 4.73. The first kappa shape index (κ1) is 17.9. The van der Waals surface area contributed by atoms with Gasteiger partial charge in [0.1, 0.15) is 0 Å². The van der Waals surface area contributed by atoms with Crippen molar-refractivity contribution in [3.8, 4) is 23.0 Å². The number of benzene rings is 1. The van der Waals surface area contributed by atoms with Crippen LogP contribution in [0.5, 0.6) is 0 Å². The first-order chi connectivity index (χ1) is 13.0. The minimum absolute atomic E-state index is 0.0120. The van der Waals surface area contributed by atoms with Crippen LogP contribution in [0.3, 0.4) is 0 Å². The van der Waals surface area contributed by atoms with E-state index in [2.05, 4.69) is 58.1 Å². The highest BCUT2D eigenvalue weighted by atomic mass is 16.5. The fraction of sp³-hybridized carbons (Fsp3) is 0.450. The molecule has 1 aliphatic heterocycles. The van der Waals surface area contributed by atoms with E-state index in [0.717, 1.165) is 44.1 Å². The summed E-state index contributed by atoms with van der Waals surface area (Å²) in [5.74, 6) is 1.00. The van der Waals surface area contributed by atoms with E-state index < -0.39 is 0 Å². The molecule has 0 saturated carbocycles. The molecule has 1 fully saturated rings. The Morgan fingerprint density at radius 3 is 2.70 bits per heavy atom. The molecule has 7 heteroatoms. The van der Waals surface area contributed by atoms with Crippen LogP contribution in [0, 0.1) is 0 Å². The number of H-pyrrole nitrogens is 1. The van der Waals surface area contributed by atoms with Crippen LogP contribution in [0.4, 0.5) is 0 Å². The summed E-state index contributed by atoms with van der Waals surface area (Å²) in [5.41, 5.74) is 3.87. The van der Waals surface area contributed by atoms with E-state index in [9.17, 15) is 0 Å². The van der Waals surface area contributed by atoms with E-state index in [-0.39, 0.29) is 5.41 Å². The van der Waals surface area contributed by atoms with Crippen molar-refractivity contribution in [2.24, 2.45) is 0 Å². The van der Waals surface area contributed by atoms with Gasteiger partial charge >= 0.3 is 0 Å². The van der Waals surface area contributed by atoms with E-state index >= 15 is 0 Å². The van der Waals surface area contributed by atoms with Gasteiger partial charge in [-0.3, -0.25) is 10.00 Å². The largest absolute Gasteiger partial charge is 0.379 e. The van der Waals surface area contributed by atoms with Gasteiger partial charge in [0, 0.05) is 36.3 Å². The second kappa shape index (κ2) is 7.25. The molecule has 7 nitrogen and oxygen atoms in total. The Morgan fingerprint density at radius 1 is 1.15 bits per heavy atom. The zero-order chi connectivity index (χ0) is 18.9. The van der Waals surface area contributed by atoms with Gasteiger partial charge in [0.25, 0.3) is 5.89 Å². The van der Waals surface area contributed by atoms with E-state index in [4.69, 9.17) is 9.26 Å². The van der Waals surface area contributed by atoms with Crippen molar-refractivity contribution >= 4 is 0 Å². The molecule has 0 radical (unpaired) electrons. The highest BCUT2D eigenvalue weighted by molar-refractivity contribution is 5.59. The van der Waals surface area contributed by atoms with E-state index in [0.29, 0.717) is 17.4 Å². The van der Waals surface area contributed by atoms with Crippen molar-refractivity contribution in [3.63, 3.8) is 0 Å². The summed E-state index contributed by atoms with van der Waals surface area (Å²) in [6, 6.07) is 10.3. The summed E-state index contributed by atoms with van der Waals surface area (Å²) in [4.78, 5) is 6.93. The maximum Gasteiger partial charge on any atom is 0.278 e. The highest BCUT2D eigenvalue weighted by Gasteiger charge is 2.20. The fourth-order valence-electron chi connectivity index (χ4n) is 3.09. The summed E-state index contributed by atoms with van der Waals surface area (Å²) < 4.78 is 10.9. The van der Waals surface area contributed by atoms with Gasteiger partial charge in [-0.2, -0.15) is 10.1 Å². The lowest BCUT2D eigenvalue weighted by Crippen LogP contribution is -2.35. The summed E-state index contributed by atoms with van der Waals surface area (Å²) in [5, 5.41) is 11.5. The average Bonchev–Trinajstić information content (AvgIpc) is 3.32. The standard InChI is InChI=1S/C20H25N5O2/c1-20(2,3)17-12-16(22-23-17)19-21-18(24-27-19)15-6-4-5-14(11-15)13-25-7-9-26-10-8-25/h4-6,11-12H,7-10,13H2,1-3H3,(H,22,23). The average molecular weight is 367 g/mol. The summed E-state index contributed by atoms with van der Waals surface area (Å²) in [7, 11) is 0. The Labute approximate surface area is 158 Å². The molecular weight excluding hydrogens is 342 g/mol. The van der Waals surface area contributed by atoms with Crippen LogP contribution in [-0.4, -0.2) is 51.5 Å². The molecule has 0 spiro atoms. The normalized spacial score (nSPS) is 16.0. The topological polar surface area (TPSA) is 80.1 Å². The van der Waals surface area contributed by atoms with Crippen LogP contribution in [0.25, 0.3) is 23.0 Å². The van der Waals surface area contributed by atoms with Crippen LogP contribution in [-0.2, 0) is 16.7 Å². The lowest BCUT2D eigenvalue weighted by atomic mass is 9.92. The summed E-state index contributed by atoms with van der Waals surface area (Å²) >= 11 is 0. The zero-order valence-corrected chi connectivity index (χ0v) is 16.0. The van der Waals surface area contributed by atoms with Crippen molar-refractivity contribution in [3.05, 3.63) is 41.6 Å². The predicted octanol–water partition coefficient (Wildman–Crippen LogP) is 3.26. The van der Waals surface area contributed by atoms with E-state index in [1.165, 1.54) is 5.56 Å². The molecule has 2 aromatic heterocycles. The van der Waals surface area contributed by atoms with Gasteiger partial charge in [-0.1, -0.05) is 44.1 Å². The number of hydrogen-bond acceptors (Lipinski definition) is 6. The Kier molecular flexibility index (Phi) is 4.80. The molecule has 4 rings (SSSR count). The van der Waals surface area contributed by atoms with E-state index in [1.54, 1.807) is 0 Å². The van der Waals surface area contributed by atoms with Crippen molar-refractivity contribution in [1.82, 2.24) is 25.2 Å². The summed E-state index contributed by atoms with van der Waals surface area (Å²) in [6.07, 6.45) is 0. The molecule has 142 valence electrons.